The number of anilines is 1. The third kappa shape index (κ3) is 6.88. The maximum Gasteiger partial charge on any atom is 0.241 e. The zero-order chi connectivity index (χ0) is 23.1. The number of hydrogen-bond donors (Lipinski definition) is 1. The molecule has 0 fully saturated rings. The number of sulfonamides is 1. The van der Waals surface area contributed by atoms with Crippen molar-refractivity contribution in [2.24, 2.45) is 0 Å². The molecule has 6 nitrogen and oxygen atoms in total. The Bertz CT molecular complexity index is 1170. The SMILES string of the molecule is CS(=O)(=O)N(CC(=O)NCc1ccc(Cl)cc1Cl)c1ccc(OCc2ccccc2)cc1. The lowest BCUT2D eigenvalue weighted by atomic mass is 10.2. The van der Waals surface area contributed by atoms with Crippen molar-refractivity contribution in [2.75, 3.05) is 17.1 Å². The van der Waals surface area contributed by atoms with Crippen molar-refractivity contribution in [1.82, 2.24) is 5.32 Å². The molecule has 0 spiro atoms. The van der Waals surface area contributed by atoms with Crippen LogP contribution in [0.2, 0.25) is 10.0 Å². The van der Waals surface area contributed by atoms with E-state index in [0.29, 0.717) is 33.7 Å². The molecule has 1 N–H and O–H groups in total. The van der Waals surface area contributed by atoms with Gasteiger partial charge in [0.2, 0.25) is 15.9 Å². The summed E-state index contributed by atoms with van der Waals surface area (Å²) < 4.78 is 31.4. The lowest BCUT2D eigenvalue weighted by Crippen LogP contribution is -2.40. The van der Waals surface area contributed by atoms with E-state index in [1.165, 1.54) is 0 Å². The molecule has 3 aromatic carbocycles. The van der Waals surface area contributed by atoms with Gasteiger partial charge in [-0.05, 0) is 47.5 Å². The summed E-state index contributed by atoms with van der Waals surface area (Å²) >= 11 is 12.0. The molecule has 0 aliphatic carbocycles. The Morgan fingerprint density at radius 2 is 1.69 bits per heavy atom. The lowest BCUT2D eigenvalue weighted by Gasteiger charge is -2.22. The molecule has 0 unspecified atom stereocenters. The number of carbonyl (C=O) groups is 1. The van der Waals surface area contributed by atoms with E-state index in [1.807, 2.05) is 30.3 Å². The highest BCUT2D eigenvalue weighted by atomic mass is 35.5. The van der Waals surface area contributed by atoms with Crippen molar-refractivity contribution >= 4 is 44.8 Å². The normalized spacial score (nSPS) is 11.1. The lowest BCUT2D eigenvalue weighted by molar-refractivity contribution is -0.119. The third-order valence-corrected chi connectivity index (χ3v) is 6.28. The first-order valence-corrected chi connectivity index (χ1v) is 12.3. The van der Waals surface area contributed by atoms with Crippen LogP contribution in [0.4, 0.5) is 5.69 Å². The number of nitrogens with zero attached hydrogens (tertiary/aromatic N) is 1. The molecule has 3 rings (SSSR count). The summed E-state index contributed by atoms with van der Waals surface area (Å²) in [5, 5.41) is 3.59. The van der Waals surface area contributed by atoms with Crippen molar-refractivity contribution in [2.45, 2.75) is 13.2 Å². The minimum Gasteiger partial charge on any atom is -0.489 e. The van der Waals surface area contributed by atoms with E-state index in [9.17, 15) is 13.2 Å². The Kier molecular flexibility index (Phi) is 8.01. The van der Waals surface area contributed by atoms with Crippen LogP contribution in [0.5, 0.6) is 5.75 Å². The van der Waals surface area contributed by atoms with Gasteiger partial charge in [0.25, 0.3) is 0 Å². The van der Waals surface area contributed by atoms with E-state index in [0.717, 1.165) is 16.1 Å². The molecule has 0 aliphatic rings. The second-order valence-corrected chi connectivity index (χ2v) is 9.80. The summed E-state index contributed by atoms with van der Waals surface area (Å²) in [5.41, 5.74) is 2.06. The predicted molar refractivity (Wildman–Crippen MR) is 128 cm³/mol. The Hall–Kier alpha value is -2.74. The van der Waals surface area contributed by atoms with Crippen molar-refractivity contribution in [3.8, 4) is 5.75 Å². The predicted octanol–water partition coefficient (Wildman–Crippen LogP) is 4.65. The minimum absolute atomic E-state index is 0.151. The van der Waals surface area contributed by atoms with Gasteiger partial charge >= 0.3 is 0 Å². The molecular formula is C23H22Cl2N2O4S. The van der Waals surface area contributed by atoms with Crippen molar-refractivity contribution in [3.05, 3.63) is 94.0 Å². The van der Waals surface area contributed by atoms with Gasteiger partial charge in [0.1, 0.15) is 18.9 Å². The molecule has 9 heteroatoms. The van der Waals surface area contributed by atoms with Crippen LogP contribution in [0, 0.1) is 0 Å². The molecule has 0 saturated carbocycles. The molecule has 0 atom stereocenters. The number of nitrogens with one attached hydrogen (secondary N) is 1. The standard InChI is InChI=1S/C23H22Cl2N2O4S/c1-32(29,30)27(15-23(28)26-14-18-7-8-19(24)13-22(18)25)20-9-11-21(12-10-20)31-16-17-5-3-2-4-6-17/h2-13H,14-16H2,1H3,(H,26,28). The van der Waals surface area contributed by atoms with Gasteiger partial charge in [0, 0.05) is 16.6 Å². The van der Waals surface area contributed by atoms with Gasteiger partial charge in [0.05, 0.1) is 11.9 Å². The fourth-order valence-corrected chi connectivity index (χ4v) is 4.23. The average Bonchev–Trinajstić information content (AvgIpc) is 2.76. The molecule has 32 heavy (non-hydrogen) atoms. The monoisotopic (exact) mass is 492 g/mol. The van der Waals surface area contributed by atoms with Crippen LogP contribution in [-0.2, 0) is 28.0 Å². The zero-order valence-corrected chi connectivity index (χ0v) is 19.6. The molecule has 1 amide bonds. The molecule has 0 aliphatic heterocycles. The second kappa shape index (κ2) is 10.7. The topological polar surface area (TPSA) is 75.7 Å². The Labute approximate surface area is 197 Å². The Morgan fingerprint density at radius 1 is 1.00 bits per heavy atom. The van der Waals surface area contributed by atoms with E-state index < -0.39 is 15.9 Å². The van der Waals surface area contributed by atoms with Crippen LogP contribution >= 0.6 is 23.2 Å². The van der Waals surface area contributed by atoms with Crippen LogP contribution < -0.4 is 14.4 Å². The first-order valence-electron chi connectivity index (χ1n) is 9.67. The van der Waals surface area contributed by atoms with Gasteiger partial charge in [-0.15, -0.1) is 0 Å². The number of halogens is 2. The zero-order valence-electron chi connectivity index (χ0n) is 17.3. The van der Waals surface area contributed by atoms with E-state index in [-0.39, 0.29) is 13.1 Å². The molecule has 3 aromatic rings. The van der Waals surface area contributed by atoms with Crippen LogP contribution in [0.3, 0.4) is 0 Å². The van der Waals surface area contributed by atoms with Crippen LogP contribution in [0.1, 0.15) is 11.1 Å². The fraction of sp³-hybridized carbons (Fsp3) is 0.174. The molecule has 0 saturated heterocycles. The number of ether oxygens (including phenoxy) is 1. The van der Waals surface area contributed by atoms with Crippen LogP contribution in [0.15, 0.2) is 72.8 Å². The summed E-state index contributed by atoms with van der Waals surface area (Å²) in [6.45, 7) is 0.179. The summed E-state index contributed by atoms with van der Waals surface area (Å²) in [5.74, 6) is 0.124. The highest BCUT2D eigenvalue weighted by Crippen LogP contribution is 2.23. The van der Waals surface area contributed by atoms with E-state index in [1.54, 1.807) is 42.5 Å². The number of carbonyl (C=O) groups excluding carboxylic acids is 1. The summed E-state index contributed by atoms with van der Waals surface area (Å²) in [7, 11) is -3.69. The maximum absolute atomic E-state index is 12.4. The molecule has 168 valence electrons. The van der Waals surface area contributed by atoms with E-state index in [4.69, 9.17) is 27.9 Å². The average molecular weight is 493 g/mol. The molecule has 0 bridgehead atoms. The van der Waals surface area contributed by atoms with Gasteiger partial charge in [-0.1, -0.05) is 59.6 Å². The van der Waals surface area contributed by atoms with Gasteiger partial charge in [-0.25, -0.2) is 8.42 Å². The molecule has 0 aromatic heterocycles. The summed E-state index contributed by atoms with van der Waals surface area (Å²) in [4.78, 5) is 12.4. The number of benzene rings is 3. The quantitative estimate of drug-likeness (QED) is 0.471. The van der Waals surface area contributed by atoms with Crippen molar-refractivity contribution in [1.29, 1.82) is 0 Å². The first kappa shape index (κ1) is 23.9. The van der Waals surface area contributed by atoms with Crippen molar-refractivity contribution in [3.63, 3.8) is 0 Å². The van der Waals surface area contributed by atoms with Crippen LogP contribution in [0.25, 0.3) is 0 Å². The Balaban J connectivity index is 1.63. The van der Waals surface area contributed by atoms with Crippen molar-refractivity contribution < 1.29 is 17.9 Å². The minimum atomic E-state index is -3.69. The van der Waals surface area contributed by atoms with E-state index in [2.05, 4.69) is 5.32 Å². The highest BCUT2D eigenvalue weighted by Gasteiger charge is 2.21. The fourth-order valence-electron chi connectivity index (χ4n) is 2.89. The molecule has 0 heterocycles. The molecular weight excluding hydrogens is 471 g/mol. The third-order valence-electron chi connectivity index (χ3n) is 4.55. The first-order chi connectivity index (χ1) is 15.2. The van der Waals surface area contributed by atoms with Crippen LogP contribution in [-0.4, -0.2) is 27.1 Å². The van der Waals surface area contributed by atoms with Gasteiger partial charge < -0.3 is 10.1 Å². The second-order valence-electron chi connectivity index (χ2n) is 7.05. The van der Waals surface area contributed by atoms with Gasteiger partial charge in [-0.3, -0.25) is 9.10 Å². The number of amides is 1. The maximum atomic E-state index is 12.4. The molecule has 0 radical (unpaired) electrons. The number of hydrogen-bond acceptors (Lipinski definition) is 4. The highest BCUT2D eigenvalue weighted by molar-refractivity contribution is 7.92. The van der Waals surface area contributed by atoms with Gasteiger partial charge in [0.15, 0.2) is 0 Å². The number of rotatable bonds is 9. The van der Waals surface area contributed by atoms with E-state index >= 15 is 0 Å². The smallest absolute Gasteiger partial charge is 0.241 e. The summed E-state index contributed by atoms with van der Waals surface area (Å²) in [6.07, 6.45) is 1.05. The summed E-state index contributed by atoms with van der Waals surface area (Å²) in [6, 6.07) is 21.2. The largest absolute Gasteiger partial charge is 0.489 e. The Morgan fingerprint density at radius 3 is 2.31 bits per heavy atom. The van der Waals surface area contributed by atoms with Gasteiger partial charge in [-0.2, -0.15) is 0 Å².